The molecule has 1 amide bonds. The summed E-state index contributed by atoms with van der Waals surface area (Å²) in [7, 11) is 0. The highest BCUT2D eigenvalue weighted by atomic mass is 35.5. The lowest BCUT2D eigenvalue weighted by Gasteiger charge is -2.19. The van der Waals surface area contributed by atoms with Crippen molar-refractivity contribution in [3.05, 3.63) is 28.0 Å². The summed E-state index contributed by atoms with van der Waals surface area (Å²) in [5.41, 5.74) is 0. The number of furan rings is 1. The quantitative estimate of drug-likeness (QED) is 0.455. The average Bonchev–Trinajstić information content (AvgIpc) is 2.76. The highest BCUT2D eigenvalue weighted by molar-refractivity contribution is 6.18. The highest BCUT2D eigenvalue weighted by Crippen LogP contribution is 2.17. The topological polar surface area (TPSA) is 76.6 Å². The predicted octanol–water partition coefficient (Wildman–Crippen LogP) is 2.13. The molecule has 1 rings (SSSR count). The van der Waals surface area contributed by atoms with E-state index in [0.29, 0.717) is 0 Å². The molecule has 0 aromatic carbocycles. The van der Waals surface area contributed by atoms with Crippen molar-refractivity contribution in [1.82, 2.24) is 4.90 Å². The lowest BCUT2D eigenvalue weighted by Crippen LogP contribution is -2.36. The van der Waals surface area contributed by atoms with Crippen LogP contribution in [0.3, 0.4) is 0 Å². The normalized spacial score (nSPS) is 10.7. The summed E-state index contributed by atoms with van der Waals surface area (Å²) in [5.74, 6) is -1.88. The number of carbonyl (C=O) groups is 1. The molecule has 0 radical (unpaired) electrons. The molecule has 0 saturated heterocycles. The minimum atomic E-state index is -2.72. The Kier molecular flexibility index (Phi) is 5.02. The van der Waals surface area contributed by atoms with Crippen molar-refractivity contribution in [2.24, 2.45) is 0 Å². The van der Waals surface area contributed by atoms with Gasteiger partial charge < -0.3 is 9.32 Å². The van der Waals surface area contributed by atoms with Gasteiger partial charge >= 0.3 is 5.88 Å². The maximum Gasteiger partial charge on any atom is 0.433 e. The first-order chi connectivity index (χ1) is 8.45. The van der Waals surface area contributed by atoms with Crippen molar-refractivity contribution >= 4 is 23.4 Å². The summed E-state index contributed by atoms with van der Waals surface area (Å²) >= 11 is 5.39. The molecule has 0 aliphatic heterocycles. The van der Waals surface area contributed by atoms with Crippen LogP contribution in [0.25, 0.3) is 0 Å². The van der Waals surface area contributed by atoms with Crippen LogP contribution in [0.2, 0.25) is 0 Å². The fourth-order valence-electron chi connectivity index (χ4n) is 1.24. The van der Waals surface area contributed by atoms with E-state index in [4.69, 9.17) is 11.6 Å². The zero-order valence-electron chi connectivity index (χ0n) is 9.01. The molecule has 0 fully saturated rings. The molecular weight excluding hydrogens is 274 g/mol. The van der Waals surface area contributed by atoms with Gasteiger partial charge in [0.2, 0.25) is 0 Å². The molecule has 1 aromatic rings. The van der Waals surface area contributed by atoms with Crippen LogP contribution in [0, 0.1) is 10.1 Å². The fourth-order valence-corrected chi connectivity index (χ4v) is 1.44. The summed E-state index contributed by atoms with van der Waals surface area (Å²) in [6, 6.07) is 2.04. The van der Waals surface area contributed by atoms with Gasteiger partial charge in [0.05, 0.1) is 12.6 Å². The molecule has 0 saturated carbocycles. The Labute approximate surface area is 105 Å². The molecule has 0 unspecified atom stereocenters. The smallest absolute Gasteiger partial charge is 0.395 e. The van der Waals surface area contributed by atoms with Crippen molar-refractivity contribution in [1.29, 1.82) is 0 Å². The van der Waals surface area contributed by atoms with Gasteiger partial charge in [-0.25, -0.2) is 8.78 Å². The van der Waals surface area contributed by atoms with Crippen molar-refractivity contribution in [2.75, 3.05) is 19.0 Å². The Balaban J connectivity index is 2.83. The average molecular weight is 283 g/mol. The lowest BCUT2D eigenvalue weighted by atomic mass is 10.3. The van der Waals surface area contributed by atoms with Gasteiger partial charge in [0.1, 0.15) is 4.92 Å². The molecule has 1 aromatic heterocycles. The molecule has 0 aliphatic rings. The van der Waals surface area contributed by atoms with Crippen LogP contribution in [0.15, 0.2) is 16.5 Å². The molecule has 0 aliphatic carbocycles. The first kappa shape index (κ1) is 14.4. The highest BCUT2D eigenvalue weighted by Gasteiger charge is 2.24. The second kappa shape index (κ2) is 6.29. The van der Waals surface area contributed by atoms with Crippen molar-refractivity contribution in [3.63, 3.8) is 0 Å². The first-order valence-electron chi connectivity index (χ1n) is 4.83. The van der Waals surface area contributed by atoms with E-state index in [9.17, 15) is 23.7 Å². The van der Waals surface area contributed by atoms with E-state index in [1.807, 2.05) is 0 Å². The Morgan fingerprint density at radius 3 is 2.67 bits per heavy atom. The number of carbonyl (C=O) groups excluding carboxylic acids is 1. The molecule has 0 N–H and O–H groups in total. The Hall–Kier alpha value is -1.70. The van der Waals surface area contributed by atoms with Gasteiger partial charge in [-0.2, -0.15) is 0 Å². The van der Waals surface area contributed by atoms with E-state index < -0.39 is 29.7 Å². The van der Waals surface area contributed by atoms with Crippen LogP contribution < -0.4 is 0 Å². The maximum absolute atomic E-state index is 12.2. The van der Waals surface area contributed by atoms with Gasteiger partial charge in [0, 0.05) is 12.4 Å². The largest absolute Gasteiger partial charge is 0.433 e. The number of amides is 1. The van der Waals surface area contributed by atoms with Crippen LogP contribution >= 0.6 is 11.6 Å². The maximum atomic E-state index is 12.2. The molecule has 0 spiro atoms. The van der Waals surface area contributed by atoms with Gasteiger partial charge in [-0.15, -0.1) is 11.6 Å². The monoisotopic (exact) mass is 282 g/mol. The number of halogens is 3. The summed E-state index contributed by atoms with van der Waals surface area (Å²) < 4.78 is 29.1. The van der Waals surface area contributed by atoms with Gasteiger partial charge in [0.25, 0.3) is 12.3 Å². The Morgan fingerprint density at radius 2 is 2.22 bits per heavy atom. The third kappa shape index (κ3) is 3.66. The zero-order valence-corrected chi connectivity index (χ0v) is 9.77. The number of hydrogen-bond acceptors (Lipinski definition) is 4. The van der Waals surface area contributed by atoms with E-state index in [0.717, 1.165) is 17.0 Å². The Bertz CT molecular complexity index is 438. The molecule has 0 atom stereocenters. The molecule has 6 nitrogen and oxygen atoms in total. The van der Waals surface area contributed by atoms with Crippen LogP contribution in [-0.2, 0) is 0 Å². The molecule has 9 heteroatoms. The number of nitro groups is 1. The number of alkyl halides is 3. The second-order valence-corrected chi connectivity index (χ2v) is 3.60. The fraction of sp³-hybridized carbons (Fsp3) is 0.444. The third-order valence-corrected chi connectivity index (χ3v) is 2.15. The third-order valence-electron chi connectivity index (χ3n) is 1.98. The van der Waals surface area contributed by atoms with Gasteiger partial charge in [-0.3, -0.25) is 14.9 Å². The van der Waals surface area contributed by atoms with Crippen LogP contribution in [0.1, 0.15) is 10.6 Å². The molecular formula is C9H9ClF2N2O4. The van der Waals surface area contributed by atoms with Crippen molar-refractivity contribution < 1.29 is 22.9 Å². The number of hydrogen-bond donors (Lipinski definition) is 0. The molecule has 100 valence electrons. The number of rotatable bonds is 6. The van der Waals surface area contributed by atoms with Gasteiger partial charge in [-0.1, -0.05) is 0 Å². The number of nitrogens with zero attached hydrogens (tertiary/aromatic N) is 2. The summed E-state index contributed by atoms with van der Waals surface area (Å²) in [6.07, 6.45) is -2.72. The van der Waals surface area contributed by atoms with Gasteiger partial charge in [-0.05, 0) is 6.07 Å². The van der Waals surface area contributed by atoms with Crippen molar-refractivity contribution in [2.45, 2.75) is 6.43 Å². The molecule has 1 heterocycles. The van der Waals surface area contributed by atoms with E-state index in [1.165, 1.54) is 0 Å². The van der Waals surface area contributed by atoms with E-state index in [2.05, 4.69) is 4.42 Å². The Morgan fingerprint density at radius 1 is 1.56 bits per heavy atom. The SMILES string of the molecule is O=C(c1ccc([N+](=O)[O-])o1)N(CCCl)CC(F)F. The zero-order chi connectivity index (χ0) is 13.7. The summed E-state index contributed by atoms with van der Waals surface area (Å²) in [5, 5.41) is 10.4. The summed E-state index contributed by atoms with van der Waals surface area (Å²) in [6.45, 7) is -0.903. The standard InChI is InChI=1S/C9H9ClF2N2O4/c10-3-4-13(5-7(11)12)9(15)6-1-2-8(18-6)14(16)17/h1-2,7H,3-5H2. The van der Waals surface area contributed by atoms with Gasteiger partial charge in [0.15, 0.2) is 5.76 Å². The van der Waals surface area contributed by atoms with Crippen molar-refractivity contribution in [3.8, 4) is 0 Å². The predicted molar refractivity (Wildman–Crippen MR) is 58.0 cm³/mol. The van der Waals surface area contributed by atoms with Crippen LogP contribution in [0.5, 0.6) is 0 Å². The van der Waals surface area contributed by atoms with Crippen LogP contribution in [-0.4, -0.2) is 41.1 Å². The minimum absolute atomic E-state index is 0.0265. The molecule has 18 heavy (non-hydrogen) atoms. The van der Waals surface area contributed by atoms with E-state index in [-0.39, 0.29) is 18.2 Å². The second-order valence-electron chi connectivity index (χ2n) is 3.23. The van der Waals surface area contributed by atoms with Crippen LogP contribution in [0.4, 0.5) is 14.7 Å². The minimum Gasteiger partial charge on any atom is -0.395 e. The summed E-state index contributed by atoms with van der Waals surface area (Å²) in [4.78, 5) is 22.0. The molecule has 0 bridgehead atoms. The first-order valence-corrected chi connectivity index (χ1v) is 5.36. The lowest BCUT2D eigenvalue weighted by molar-refractivity contribution is -0.402. The van der Waals surface area contributed by atoms with E-state index >= 15 is 0 Å². The van der Waals surface area contributed by atoms with E-state index in [1.54, 1.807) is 0 Å².